The molecular formula is C26H64Br2Cl2O6PdSi5. The van der Waals surface area contributed by atoms with Crippen LogP contribution in [0.5, 0.6) is 0 Å². The van der Waals surface area contributed by atoms with Gasteiger partial charge in [-0.1, -0.05) is 37.9 Å². The van der Waals surface area contributed by atoms with Crippen LogP contribution in [0.15, 0.2) is 12.7 Å². The summed E-state index contributed by atoms with van der Waals surface area (Å²) in [4.78, 5) is 0. The first-order chi connectivity index (χ1) is 18.9. The fraction of sp³-hybridized carbons (Fsp3) is 0.923. The first-order valence-electron chi connectivity index (χ1n) is 14.4. The predicted octanol–water partition coefficient (Wildman–Crippen LogP) is 11.2. The summed E-state index contributed by atoms with van der Waals surface area (Å²) in [7, 11) is 1.05. The number of hydrogen-bond acceptors (Lipinski definition) is 6. The standard InChI is InChI=1S/C11H29BrO3Si3.C8H22O2Si2.C4H8O.C3H5Br.2ClH.Pd/c1-16(2,3)14-18(7,15-17(4,5)6)13-11-9-8-10-12;1-8(9-11(2,3)4)10-12(5,6)7;1-2-4-5-3-1;1-2-3-4;;;/h8-11H2,1-7H3;8H,1-7H3;1-4H2;2H,1,3H2;2*1H;/q;;;;;;+2/p-2. The maximum atomic E-state index is 6.24. The van der Waals surface area contributed by atoms with Gasteiger partial charge in [-0.2, -0.15) is 0 Å². The van der Waals surface area contributed by atoms with Crippen molar-refractivity contribution in [2.24, 2.45) is 0 Å². The van der Waals surface area contributed by atoms with E-state index in [0.29, 0.717) is 0 Å². The van der Waals surface area contributed by atoms with Crippen molar-refractivity contribution in [1.29, 1.82) is 0 Å². The minimum atomic E-state index is -2.46. The Kier molecular flexibility index (Phi) is 35.4. The van der Waals surface area contributed by atoms with Crippen LogP contribution < -0.4 is 0 Å². The van der Waals surface area contributed by atoms with Gasteiger partial charge in [0.1, 0.15) is 6.29 Å². The summed E-state index contributed by atoms with van der Waals surface area (Å²) in [5.41, 5.74) is 0. The zero-order chi connectivity index (χ0) is 34.1. The van der Waals surface area contributed by atoms with Gasteiger partial charge in [0.15, 0.2) is 33.3 Å². The van der Waals surface area contributed by atoms with Crippen LogP contribution in [0.3, 0.4) is 0 Å². The van der Waals surface area contributed by atoms with E-state index in [0.717, 1.165) is 43.3 Å². The van der Waals surface area contributed by atoms with Gasteiger partial charge in [0.05, 0.1) is 0 Å². The molecule has 1 fully saturated rings. The first kappa shape index (κ1) is 51.6. The molecule has 42 heavy (non-hydrogen) atoms. The number of halogens is 4. The van der Waals surface area contributed by atoms with Crippen LogP contribution in [-0.4, -0.2) is 78.8 Å². The second-order valence-corrected chi connectivity index (χ2v) is 38.2. The second-order valence-electron chi connectivity index (χ2n) is 13.4. The summed E-state index contributed by atoms with van der Waals surface area (Å²) in [5, 5.41) is 1.92. The van der Waals surface area contributed by atoms with E-state index in [2.05, 4.69) is 124 Å². The van der Waals surface area contributed by atoms with Crippen LogP contribution in [0.25, 0.3) is 0 Å². The van der Waals surface area contributed by atoms with E-state index < -0.39 is 42.1 Å². The Morgan fingerprint density at radius 1 is 0.762 bits per heavy atom. The van der Waals surface area contributed by atoms with Crippen molar-refractivity contribution in [2.75, 3.05) is 30.5 Å². The number of ether oxygens (including phenoxy) is 1. The van der Waals surface area contributed by atoms with Gasteiger partial charge < -0.3 is 26.2 Å². The average molecular weight is 950 g/mol. The maximum absolute atomic E-state index is 6.24. The number of unbranched alkanes of at least 4 members (excludes halogenated alkanes) is 1. The van der Waals surface area contributed by atoms with Gasteiger partial charge in [-0.05, 0) is 111 Å². The van der Waals surface area contributed by atoms with Gasteiger partial charge in [0.25, 0.3) is 0 Å². The third-order valence-corrected chi connectivity index (χ3v) is 15.5. The first-order valence-corrected chi connectivity index (χ1v) is 36.5. The molecular weight excluding hydrogens is 886 g/mol. The van der Waals surface area contributed by atoms with Crippen molar-refractivity contribution < 1.29 is 42.2 Å². The van der Waals surface area contributed by atoms with Crippen LogP contribution in [0.4, 0.5) is 0 Å². The third kappa shape index (κ3) is 52.3. The predicted molar refractivity (Wildman–Crippen MR) is 204 cm³/mol. The van der Waals surface area contributed by atoms with Crippen LogP contribution in [0.1, 0.15) is 32.6 Å². The fourth-order valence-corrected chi connectivity index (χ4v) is 16.2. The number of rotatable bonds is 14. The number of allylic oxidation sites excluding steroid dienone is 1. The Morgan fingerprint density at radius 2 is 1.12 bits per heavy atom. The quantitative estimate of drug-likeness (QED) is 0.0569. The molecule has 1 saturated heterocycles. The fourth-order valence-electron chi connectivity index (χ4n) is 3.18. The second kappa shape index (κ2) is 28.8. The average Bonchev–Trinajstić information content (AvgIpc) is 3.33. The summed E-state index contributed by atoms with van der Waals surface area (Å²) in [6.45, 7) is 36.4. The van der Waals surface area contributed by atoms with Gasteiger partial charge in [-0.3, -0.25) is 0 Å². The van der Waals surface area contributed by atoms with Crippen molar-refractivity contribution >= 4 is 93.0 Å². The van der Waals surface area contributed by atoms with E-state index in [-0.39, 0.29) is 22.2 Å². The van der Waals surface area contributed by atoms with Crippen LogP contribution in [-0.2, 0) is 42.2 Å². The van der Waals surface area contributed by atoms with Crippen LogP contribution in [0.2, 0.25) is 85.1 Å². The molecule has 0 aromatic carbocycles. The zero-order valence-electron chi connectivity index (χ0n) is 29.0. The van der Waals surface area contributed by atoms with E-state index in [1.165, 1.54) is 12.8 Å². The Labute approximate surface area is 299 Å². The third-order valence-electron chi connectivity index (χ3n) is 3.85. The molecule has 0 N–H and O–H groups in total. The molecule has 1 aliphatic rings. The van der Waals surface area contributed by atoms with Gasteiger partial charge in [-0.25, -0.2) is 0 Å². The van der Waals surface area contributed by atoms with Crippen molar-refractivity contribution in [1.82, 2.24) is 0 Å². The van der Waals surface area contributed by atoms with E-state index in [1.54, 1.807) is 6.08 Å². The molecule has 1 rings (SSSR count). The van der Waals surface area contributed by atoms with Crippen LogP contribution in [0, 0.1) is 0 Å². The summed E-state index contributed by atoms with van der Waals surface area (Å²) >= 11 is 6.46. The Balaban J connectivity index is -0.000000255. The molecule has 1 aliphatic heterocycles. The molecule has 0 atom stereocenters. The normalized spacial score (nSPS) is 14.0. The van der Waals surface area contributed by atoms with Crippen LogP contribution >= 0.6 is 50.9 Å². The SMILES string of the molecule is C1CCOC1.C=CCBr.CC(O[Si](C)(C)C)O[Si](C)(C)C.C[Si](C)(C)O[Si](C)(OCCCCBr)O[Si](C)(C)C.[Cl][Pd][Cl]. The molecule has 0 saturated carbocycles. The topological polar surface area (TPSA) is 55.4 Å². The molecule has 0 amide bonds. The number of alkyl halides is 2. The van der Waals surface area contributed by atoms with Crippen molar-refractivity contribution in [3.63, 3.8) is 0 Å². The monoisotopic (exact) mass is 946 g/mol. The van der Waals surface area contributed by atoms with Gasteiger partial charge in [0.2, 0.25) is 0 Å². The molecule has 0 radical (unpaired) electrons. The number of hydrogen-bond donors (Lipinski definition) is 0. The molecule has 0 aromatic heterocycles. The van der Waals surface area contributed by atoms with Crippen molar-refractivity contribution in [3.05, 3.63) is 12.7 Å². The van der Waals surface area contributed by atoms with Gasteiger partial charge in [0, 0.05) is 37.0 Å². The van der Waals surface area contributed by atoms with Crippen molar-refractivity contribution in [2.45, 2.75) is 124 Å². The van der Waals surface area contributed by atoms with E-state index in [9.17, 15) is 0 Å². The molecule has 0 unspecified atom stereocenters. The van der Waals surface area contributed by atoms with Crippen molar-refractivity contribution in [3.8, 4) is 0 Å². The molecule has 16 heteroatoms. The Bertz CT molecular complexity index is 580. The Morgan fingerprint density at radius 3 is 1.33 bits per heavy atom. The zero-order valence-corrected chi connectivity index (χ0v) is 40.2. The molecule has 1 heterocycles. The molecule has 0 bridgehead atoms. The van der Waals surface area contributed by atoms with Gasteiger partial charge in [-0.15, -0.1) is 6.58 Å². The summed E-state index contributed by atoms with van der Waals surface area (Å²) in [6, 6.07) is 0. The van der Waals surface area contributed by atoms with E-state index in [1.807, 2.05) is 6.92 Å². The summed E-state index contributed by atoms with van der Waals surface area (Å²) in [5.74, 6) is 0. The van der Waals surface area contributed by atoms with Gasteiger partial charge >= 0.3 is 43.8 Å². The summed E-state index contributed by atoms with van der Waals surface area (Å²) < 4.78 is 35.0. The Hall–Kier alpha value is 2.79. The molecule has 262 valence electrons. The molecule has 0 spiro atoms. The summed E-state index contributed by atoms with van der Waals surface area (Å²) in [6.07, 6.45) is 6.51. The molecule has 0 aliphatic carbocycles. The molecule has 6 nitrogen and oxygen atoms in total. The minimum absolute atomic E-state index is 0.0247. The molecule has 0 aromatic rings. The van der Waals surface area contributed by atoms with E-state index in [4.69, 9.17) is 45.3 Å². The van der Waals surface area contributed by atoms with E-state index >= 15 is 0 Å².